The molecule has 0 unspecified atom stereocenters. The van der Waals surface area contributed by atoms with Crippen molar-refractivity contribution >= 4 is 28.5 Å². The van der Waals surface area contributed by atoms with Gasteiger partial charge in [0.25, 0.3) is 11.7 Å². The third-order valence-electron chi connectivity index (χ3n) is 5.64. The number of rotatable bonds is 4. The highest BCUT2D eigenvalue weighted by Crippen LogP contribution is 2.47. The van der Waals surface area contributed by atoms with E-state index >= 15 is 0 Å². The van der Waals surface area contributed by atoms with Crippen LogP contribution in [0.25, 0.3) is 10.9 Å². The van der Waals surface area contributed by atoms with Gasteiger partial charge in [0.1, 0.15) is 0 Å². The fraction of sp³-hybridized carbons (Fsp3) is 0.304. The molecule has 154 valence electrons. The maximum atomic E-state index is 12.5. The minimum atomic E-state index is -0.543. The summed E-state index contributed by atoms with van der Waals surface area (Å²) in [6.07, 6.45) is 5.61. The van der Waals surface area contributed by atoms with E-state index in [9.17, 15) is 9.59 Å². The summed E-state index contributed by atoms with van der Waals surface area (Å²) >= 11 is 0. The lowest BCUT2D eigenvalue weighted by molar-refractivity contribution is -0.119. The quantitative estimate of drug-likeness (QED) is 0.662. The van der Waals surface area contributed by atoms with E-state index in [0.29, 0.717) is 22.7 Å². The monoisotopic (exact) mass is 406 g/mol. The molecule has 0 saturated heterocycles. The maximum absolute atomic E-state index is 12.5. The lowest BCUT2D eigenvalue weighted by atomic mass is 10.2. The molecule has 1 amide bonds. The molecule has 1 fully saturated rings. The number of aromatic nitrogens is 1. The van der Waals surface area contributed by atoms with E-state index in [0.717, 1.165) is 36.6 Å². The minimum absolute atomic E-state index is 0.375. The Labute approximate surface area is 173 Å². The largest absolute Gasteiger partial charge is 0.452 e. The van der Waals surface area contributed by atoms with Crippen LogP contribution in [0.15, 0.2) is 48.7 Å². The number of hydrogen-bond acceptors (Lipinski definition) is 5. The van der Waals surface area contributed by atoms with Crippen LogP contribution in [0.2, 0.25) is 0 Å². The van der Waals surface area contributed by atoms with Crippen molar-refractivity contribution in [2.45, 2.75) is 31.5 Å². The first kappa shape index (κ1) is 18.5. The van der Waals surface area contributed by atoms with Crippen LogP contribution in [-0.2, 0) is 16.6 Å². The number of esters is 1. The summed E-state index contributed by atoms with van der Waals surface area (Å²) < 4.78 is 19.1. The zero-order chi connectivity index (χ0) is 20.7. The van der Waals surface area contributed by atoms with Crippen molar-refractivity contribution in [3.05, 3.63) is 54.2 Å². The second kappa shape index (κ2) is 7.09. The number of nitrogens with one attached hydrogen (secondary N) is 1. The van der Waals surface area contributed by atoms with Gasteiger partial charge >= 0.3 is 5.97 Å². The number of ether oxygens (including phenoxy) is 3. The number of nitrogens with zero attached hydrogens (tertiary/aromatic N) is 1. The van der Waals surface area contributed by atoms with Gasteiger partial charge in [-0.2, -0.15) is 0 Å². The van der Waals surface area contributed by atoms with Crippen molar-refractivity contribution in [2.75, 3.05) is 11.9 Å². The molecule has 1 aromatic heterocycles. The zero-order valence-corrected chi connectivity index (χ0v) is 16.6. The molecule has 0 atom stereocenters. The predicted octanol–water partition coefficient (Wildman–Crippen LogP) is 4.02. The summed E-state index contributed by atoms with van der Waals surface area (Å²) in [5, 5.41) is 3.54. The molecule has 7 nitrogen and oxygen atoms in total. The zero-order valence-electron chi connectivity index (χ0n) is 16.6. The molecule has 1 aliphatic heterocycles. The van der Waals surface area contributed by atoms with Gasteiger partial charge < -0.3 is 24.1 Å². The Kier molecular flexibility index (Phi) is 4.38. The molecular weight excluding hydrogens is 384 g/mol. The highest BCUT2D eigenvalue weighted by molar-refractivity contribution is 6.05. The first-order valence-electron chi connectivity index (χ1n) is 10.1. The topological polar surface area (TPSA) is 78.8 Å². The van der Waals surface area contributed by atoms with Crippen molar-refractivity contribution in [3.8, 4) is 11.5 Å². The Balaban J connectivity index is 1.21. The van der Waals surface area contributed by atoms with E-state index < -0.39 is 17.7 Å². The Morgan fingerprint density at radius 2 is 1.87 bits per heavy atom. The van der Waals surface area contributed by atoms with Gasteiger partial charge in [-0.15, -0.1) is 0 Å². The first-order valence-corrected chi connectivity index (χ1v) is 10.1. The lowest BCUT2D eigenvalue weighted by Crippen LogP contribution is -2.34. The van der Waals surface area contributed by atoms with Crippen LogP contribution in [0.4, 0.5) is 5.69 Å². The van der Waals surface area contributed by atoms with Gasteiger partial charge in [0.15, 0.2) is 18.1 Å². The summed E-state index contributed by atoms with van der Waals surface area (Å²) in [6, 6.07) is 12.8. The Hall–Kier alpha value is -3.48. The summed E-state index contributed by atoms with van der Waals surface area (Å²) in [5.74, 6) is -0.174. The smallest absolute Gasteiger partial charge is 0.340 e. The van der Waals surface area contributed by atoms with E-state index in [2.05, 4.69) is 5.32 Å². The second-order valence-corrected chi connectivity index (χ2v) is 7.78. The van der Waals surface area contributed by atoms with Crippen LogP contribution in [0.3, 0.4) is 0 Å². The van der Waals surface area contributed by atoms with Crippen LogP contribution in [0.5, 0.6) is 11.5 Å². The summed E-state index contributed by atoms with van der Waals surface area (Å²) in [7, 11) is 1.86. The van der Waals surface area contributed by atoms with Crippen LogP contribution in [0, 0.1) is 0 Å². The molecule has 2 aliphatic rings. The number of para-hydroxylation sites is 1. The molecule has 7 heteroatoms. The van der Waals surface area contributed by atoms with E-state index in [-0.39, 0.29) is 6.61 Å². The molecular formula is C23H22N2O5. The fourth-order valence-electron chi connectivity index (χ4n) is 4.20. The van der Waals surface area contributed by atoms with Crippen molar-refractivity contribution in [2.24, 2.45) is 7.05 Å². The molecule has 2 aromatic carbocycles. The minimum Gasteiger partial charge on any atom is -0.452 e. The molecule has 1 aliphatic carbocycles. The number of carbonyl (C=O) groups is 2. The molecule has 1 N–H and O–H groups in total. The van der Waals surface area contributed by atoms with Crippen LogP contribution >= 0.6 is 0 Å². The number of anilines is 1. The standard InChI is InChI=1S/C23H22N2O5/c1-25-13-17(16-6-2-3-7-18(16)25)22(27)28-14-21(26)24-15-8-9-19-20(12-15)30-23(29-19)10-4-5-11-23/h2-3,6-9,12-13H,4-5,10-11,14H2,1H3,(H,24,26). The molecule has 2 heterocycles. The third-order valence-corrected chi connectivity index (χ3v) is 5.64. The van der Waals surface area contributed by atoms with Crippen molar-refractivity contribution < 1.29 is 23.8 Å². The molecule has 3 aromatic rings. The number of aryl methyl sites for hydroxylation is 1. The Morgan fingerprint density at radius 1 is 1.10 bits per heavy atom. The molecule has 1 saturated carbocycles. The number of amides is 1. The predicted molar refractivity (Wildman–Crippen MR) is 111 cm³/mol. The van der Waals surface area contributed by atoms with Crippen molar-refractivity contribution in [3.63, 3.8) is 0 Å². The summed E-state index contributed by atoms with van der Waals surface area (Å²) in [4.78, 5) is 24.8. The van der Waals surface area contributed by atoms with Crippen LogP contribution in [0.1, 0.15) is 36.0 Å². The average molecular weight is 406 g/mol. The van der Waals surface area contributed by atoms with E-state index in [4.69, 9.17) is 14.2 Å². The highest BCUT2D eigenvalue weighted by atomic mass is 16.7. The molecule has 0 radical (unpaired) electrons. The fourth-order valence-corrected chi connectivity index (χ4v) is 4.20. The van der Waals surface area contributed by atoms with Gasteiger partial charge in [-0.25, -0.2) is 4.79 Å². The maximum Gasteiger partial charge on any atom is 0.340 e. The average Bonchev–Trinajstić information content (AvgIpc) is 3.44. The van der Waals surface area contributed by atoms with E-state index in [1.54, 1.807) is 24.4 Å². The van der Waals surface area contributed by atoms with Gasteiger partial charge in [0.05, 0.1) is 5.56 Å². The normalized spacial score (nSPS) is 16.2. The van der Waals surface area contributed by atoms with E-state index in [1.165, 1.54) is 0 Å². The lowest BCUT2D eigenvalue weighted by Gasteiger charge is -2.21. The molecule has 0 bridgehead atoms. The number of carbonyl (C=O) groups excluding carboxylic acids is 2. The van der Waals surface area contributed by atoms with Crippen LogP contribution < -0.4 is 14.8 Å². The third kappa shape index (κ3) is 3.26. The Morgan fingerprint density at radius 3 is 2.70 bits per heavy atom. The van der Waals surface area contributed by atoms with Gasteiger partial charge in [-0.1, -0.05) is 18.2 Å². The molecule has 1 spiro atoms. The second-order valence-electron chi connectivity index (χ2n) is 7.78. The van der Waals surface area contributed by atoms with Gasteiger partial charge in [0, 0.05) is 48.7 Å². The SMILES string of the molecule is Cn1cc(C(=O)OCC(=O)Nc2ccc3c(c2)OC2(CCCC2)O3)c2ccccc21. The number of benzene rings is 2. The first-order chi connectivity index (χ1) is 14.5. The molecule has 5 rings (SSSR count). The van der Waals surface area contributed by atoms with Gasteiger partial charge in [-0.3, -0.25) is 4.79 Å². The highest BCUT2D eigenvalue weighted by Gasteiger charge is 2.44. The van der Waals surface area contributed by atoms with Crippen molar-refractivity contribution in [1.82, 2.24) is 4.57 Å². The van der Waals surface area contributed by atoms with E-state index in [1.807, 2.05) is 35.9 Å². The number of hydrogen-bond donors (Lipinski definition) is 1. The van der Waals surface area contributed by atoms with Crippen LogP contribution in [-0.4, -0.2) is 28.8 Å². The Bertz CT molecular complexity index is 1140. The number of fused-ring (bicyclic) bond motifs is 2. The van der Waals surface area contributed by atoms with Gasteiger partial charge in [-0.05, 0) is 31.0 Å². The van der Waals surface area contributed by atoms with Crippen molar-refractivity contribution in [1.29, 1.82) is 0 Å². The summed E-state index contributed by atoms with van der Waals surface area (Å²) in [5.41, 5.74) is 1.93. The summed E-state index contributed by atoms with van der Waals surface area (Å²) in [6.45, 7) is -0.375. The van der Waals surface area contributed by atoms with Gasteiger partial charge in [0.2, 0.25) is 0 Å². The molecule has 30 heavy (non-hydrogen) atoms.